The van der Waals surface area contributed by atoms with Crippen LogP contribution in [0.1, 0.15) is 33.5 Å². The minimum absolute atomic E-state index is 0.0547. The zero-order chi connectivity index (χ0) is 15.3. The predicted octanol–water partition coefficient (Wildman–Crippen LogP) is 1.35. The molecule has 3 aliphatic rings. The molecule has 1 amide bonds. The molecule has 0 saturated carbocycles. The van der Waals surface area contributed by atoms with E-state index in [9.17, 15) is 9.59 Å². The lowest BCUT2D eigenvalue weighted by atomic mass is 9.97. The minimum Gasteiger partial charge on any atom is -0.457 e. The van der Waals surface area contributed by atoms with Gasteiger partial charge in [-0.05, 0) is 37.1 Å². The molecule has 0 bridgehead atoms. The van der Waals surface area contributed by atoms with E-state index in [1.165, 1.54) is 0 Å². The number of cyclic esters (lactones) is 1. The number of amides is 1. The summed E-state index contributed by atoms with van der Waals surface area (Å²) >= 11 is 0. The maximum Gasteiger partial charge on any atom is 0.410 e. The smallest absolute Gasteiger partial charge is 0.410 e. The molecule has 2 saturated heterocycles. The Hall–Kier alpha value is -2.08. The first kappa shape index (κ1) is 13.6. The van der Waals surface area contributed by atoms with Gasteiger partial charge >= 0.3 is 12.1 Å². The number of carbonyl (C=O) groups is 2. The molecule has 1 aromatic rings. The molecule has 2 atom stereocenters. The lowest BCUT2D eigenvalue weighted by Gasteiger charge is -2.29. The maximum atomic E-state index is 12.1. The monoisotopic (exact) mass is 302 g/mol. The summed E-state index contributed by atoms with van der Waals surface area (Å²) in [5, 5.41) is 3.25. The Bertz CT molecular complexity index is 658. The molecule has 0 radical (unpaired) electrons. The van der Waals surface area contributed by atoms with Gasteiger partial charge < -0.3 is 14.8 Å². The van der Waals surface area contributed by atoms with Crippen LogP contribution in [0.25, 0.3) is 0 Å². The summed E-state index contributed by atoms with van der Waals surface area (Å²) in [5.41, 5.74) is 3.67. The largest absolute Gasteiger partial charge is 0.457 e. The fraction of sp³-hybridized carbons (Fsp3) is 0.500. The highest BCUT2D eigenvalue weighted by molar-refractivity contribution is 5.93. The molecule has 2 fully saturated rings. The third-order valence-electron chi connectivity index (χ3n) is 4.90. The molecule has 116 valence electrons. The number of benzene rings is 1. The fourth-order valence-corrected chi connectivity index (χ4v) is 3.56. The summed E-state index contributed by atoms with van der Waals surface area (Å²) < 4.78 is 10.5. The number of rotatable bonds is 2. The summed E-state index contributed by atoms with van der Waals surface area (Å²) in [6.45, 7) is 4.46. The predicted molar refractivity (Wildman–Crippen MR) is 77.4 cm³/mol. The Morgan fingerprint density at radius 1 is 1.36 bits per heavy atom. The molecule has 3 heterocycles. The molecule has 0 aromatic heterocycles. The summed E-state index contributed by atoms with van der Waals surface area (Å²) in [6.07, 6.45) is 0.606. The molecule has 0 aliphatic carbocycles. The zero-order valence-corrected chi connectivity index (χ0v) is 12.4. The van der Waals surface area contributed by atoms with E-state index in [-0.39, 0.29) is 24.2 Å². The second-order valence-corrected chi connectivity index (χ2v) is 6.06. The van der Waals surface area contributed by atoms with Crippen LogP contribution in [0.15, 0.2) is 12.1 Å². The Kier molecular flexibility index (Phi) is 3.07. The van der Waals surface area contributed by atoms with E-state index >= 15 is 0 Å². The molecule has 6 nitrogen and oxygen atoms in total. The number of nitrogens with zero attached hydrogens (tertiary/aromatic N) is 1. The molecule has 1 unspecified atom stereocenters. The molecule has 0 spiro atoms. The van der Waals surface area contributed by atoms with Crippen molar-refractivity contribution in [3.63, 3.8) is 0 Å². The Labute approximate surface area is 128 Å². The van der Waals surface area contributed by atoms with Crippen LogP contribution in [0.4, 0.5) is 4.79 Å². The SMILES string of the molecule is Cc1c(CN2C(=O)O[C@@H]3CNCCC32)ccc2c1COC2=O. The number of fused-ring (bicyclic) bond motifs is 2. The van der Waals surface area contributed by atoms with Gasteiger partial charge in [-0.25, -0.2) is 9.59 Å². The number of hydrogen-bond acceptors (Lipinski definition) is 5. The van der Waals surface area contributed by atoms with Crippen molar-refractivity contribution < 1.29 is 19.1 Å². The van der Waals surface area contributed by atoms with E-state index in [2.05, 4.69) is 5.32 Å². The third kappa shape index (κ3) is 1.98. The summed E-state index contributed by atoms with van der Waals surface area (Å²) in [4.78, 5) is 25.6. The summed E-state index contributed by atoms with van der Waals surface area (Å²) in [5.74, 6) is -0.261. The lowest BCUT2D eigenvalue weighted by Crippen LogP contribution is -2.47. The van der Waals surface area contributed by atoms with Crippen molar-refractivity contribution in [2.45, 2.75) is 38.6 Å². The van der Waals surface area contributed by atoms with Gasteiger partial charge in [0.25, 0.3) is 0 Å². The van der Waals surface area contributed by atoms with Gasteiger partial charge in [-0.15, -0.1) is 0 Å². The first-order valence-electron chi connectivity index (χ1n) is 7.61. The number of nitrogens with one attached hydrogen (secondary N) is 1. The van der Waals surface area contributed by atoms with Gasteiger partial charge in [0, 0.05) is 18.7 Å². The van der Waals surface area contributed by atoms with Gasteiger partial charge in [-0.2, -0.15) is 0 Å². The quantitative estimate of drug-likeness (QED) is 0.835. The molecule has 22 heavy (non-hydrogen) atoms. The van der Waals surface area contributed by atoms with Crippen molar-refractivity contribution in [3.8, 4) is 0 Å². The highest BCUT2D eigenvalue weighted by Gasteiger charge is 2.43. The molecule has 3 aliphatic heterocycles. The Morgan fingerprint density at radius 2 is 2.23 bits per heavy atom. The van der Waals surface area contributed by atoms with Gasteiger partial charge in [-0.1, -0.05) is 6.07 Å². The molecular formula is C16H18N2O4. The Balaban J connectivity index is 1.61. The van der Waals surface area contributed by atoms with E-state index in [1.807, 2.05) is 17.9 Å². The van der Waals surface area contributed by atoms with Crippen molar-refractivity contribution in [3.05, 3.63) is 34.4 Å². The van der Waals surface area contributed by atoms with Gasteiger partial charge in [-0.3, -0.25) is 4.90 Å². The van der Waals surface area contributed by atoms with Crippen LogP contribution in [-0.4, -0.2) is 42.2 Å². The Morgan fingerprint density at radius 3 is 3.09 bits per heavy atom. The van der Waals surface area contributed by atoms with E-state index < -0.39 is 0 Å². The topological polar surface area (TPSA) is 67.9 Å². The second-order valence-electron chi connectivity index (χ2n) is 6.06. The van der Waals surface area contributed by atoms with E-state index in [0.29, 0.717) is 18.7 Å². The molecular weight excluding hydrogens is 284 g/mol. The first-order chi connectivity index (χ1) is 10.6. The van der Waals surface area contributed by atoms with Crippen LogP contribution >= 0.6 is 0 Å². The molecule has 1 aromatic carbocycles. The van der Waals surface area contributed by atoms with Crippen LogP contribution in [0.3, 0.4) is 0 Å². The molecule has 6 heteroatoms. The van der Waals surface area contributed by atoms with Gasteiger partial charge in [0.15, 0.2) is 0 Å². The third-order valence-corrected chi connectivity index (χ3v) is 4.90. The summed E-state index contributed by atoms with van der Waals surface area (Å²) in [7, 11) is 0. The van der Waals surface area contributed by atoms with Gasteiger partial charge in [0.05, 0.1) is 11.6 Å². The summed E-state index contributed by atoms with van der Waals surface area (Å²) in [6, 6.07) is 3.86. The maximum absolute atomic E-state index is 12.1. The van der Waals surface area contributed by atoms with Crippen LogP contribution < -0.4 is 5.32 Å². The first-order valence-corrected chi connectivity index (χ1v) is 7.61. The van der Waals surface area contributed by atoms with Crippen molar-refractivity contribution in [1.29, 1.82) is 0 Å². The van der Waals surface area contributed by atoms with Crippen molar-refractivity contribution in [2.75, 3.05) is 13.1 Å². The van der Waals surface area contributed by atoms with Crippen LogP contribution in [-0.2, 0) is 22.6 Å². The fourth-order valence-electron chi connectivity index (χ4n) is 3.56. The highest BCUT2D eigenvalue weighted by atomic mass is 16.6. The zero-order valence-electron chi connectivity index (χ0n) is 12.4. The van der Waals surface area contributed by atoms with Crippen molar-refractivity contribution >= 4 is 12.1 Å². The average molecular weight is 302 g/mol. The average Bonchev–Trinajstić information content (AvgIpc) is 3.04. The van der Waals surface area contributed by atoms with E-state index in [1.54, 1.807) is 6.07 Å². The molecule has 1 N–H and O–H groups in total. The highest BCUT2D eigenvalue weighted by Crippen LogP contribution is 2.30. The number of esters is 1. The van der Waals surface area contributed by atoms with Crippen molar-refractivity contribution in [1.82, 2.24) is 10.2 Å². The van der Waals surface area contributed by atoms with Crippen LogP contribution in [0, 0.1) is 6.92 Å². The van der Waals surface area contributed by atoms with Crippen LogP contribution in [0.2, 0.25) is 0 Å². The number of piperidine rings is 1. The number of carbonyl (C=O) groups excluding carboxylic acids is 2. The van der Waals surface area contributed by atoms with Crippen LogP contribution in [0.5, 0.6) is 0 Å². The second kappa shape index (κ2) is 4.98. The van der Waals surface area contributed by atoms with E-state index in [4.69, 9.17) is 9.47 Å². The number of ether oxygens (including phenoxy) is 2. The lowest BCUT2D eigenvalue weighted by molar-refractivity contribution is 0.0535. The minimum atomic E-state index is -0.261. The van der Waals surface area contributed by atoms with E-state index in [0.717, 1.165) is 36.2 Å². The van der Waals surface area contributed by atoms with Gasteiger partial charge in [0.1, 0.15) is 12.7 Å². The number of hydrogen-bond donors (Lipinski definition) is 1. The van der Waals surface area contributed by atoms with Crippen molar-refractivity contribution in [2.24, 2.45) is 0 Å². The molecule has 4 rings (SSSR count). The van der Waals surface area contributed by atoms with Gasteiger partial charge in [0.2, 0.25) is 0 Å². The standard InChI is InChI=1S/C16H18N2O4/c1-9-10(2-3-11-12(9)8-21-15(11)19)7-18-13-4-5-17-6-14(13)22-16(18)20/h2-3,13-14,17H,4-8H2,1H3/t13?,14-/m1/s1. The normalized spacial score (nSPS) is 26.5.